The minimum absolute atomic E-state index is 0.0324. The van der Waals surface area contributed by atoms with Crippen LogP contribution in [-0.4, -0.2) is 219 Å². The maximum absolute atomic E-state index is 13.8. The van der Waals surface area contributed by atoms with E-state index >= 15 is 0 Å². The number of hydrogen-bond acceptors (Lipinski definition) is 31. The third-order valence-corrected chi connectivity index (χ3v) is 18.5. The van der Waals surface area contributed by atoms with E-state index in [4.69, 9.17) is 31.9 Å². The largest absolute Gasteiger partial charge is 0.480 e. The number of aromatic nitrogens is 16. The number of carbonyl (C=O) groups excluding carboxylic acids is 4. The van der Waals surface area contributed by atoms with Crippen molar-refractivity contribution in [2.24, 2.45) is 5.41 Å². The number of carbonyl (C=O) groups is 4. The van der Waals surface area contributed by atoms with Crippen molar-refractivity contribution >= 4 is 116 Å². The first kappa shape index (κ1) is 73.8. The molecular weight excluding hydrogens is 1510 g/mol. The van der Waals surface area contributed by atoms with E-state index in [0.717, 1.165) is 57.0 Å². The van der Waals surface area contributed by atoms with Crippen LogP contribution in [0.2, 0.25) is 0 Å². The summed E-state index contributed by atoms with van der Waals surface area (Å²) in [5.41, 5.74) is 3.36. The number of rotatable bonds is 29. The maximum atomic E-state index is 13.8. The molecular formula is C75H90F2N28O11. The second kappa shape index (κ2) is 37.3. The topological polar surface area (TPSA) is 472 Å². The van der Waals surface area contributed by atoms with Gasteiger partial charge in [-0.15, -0.1) is 0 Å². The van der Waals surface area contributed by atoms with E-state index in [-0.39, 0.29) is 107 Å². The highest BCUT2D eigenvalue weighted by Gasteiger charge is 2.31. The number of methoxy groups -OCH3 is 4. The lowest BCUT2D eigenvalue weighted by molar-refractivity contribution is 0.0562. The molecule has 0 bridgehead atoms. The van der Waals surface area contributed by atoms with Crippen LogP contribution < -0.4 is 82.7 Å². The Bertz CT molecular complexity index is 5730. The summed E-state index contributed by atoms with van der Waals surface area (Å²) in [7, 11) is 4.52. The fraction of sp³-hybridized carbons (Fsp3) is 0.360. The Morgan fingerprint density at radius 2 is 0.871 bits per heavy atom. The second-order valence-electron chi connectivity index (χ2n) is 27.3. The Kier molecular flexibility index (Phi) is 23.7. The predicted octanol–water partition coefficient (Wildman–Crippen LogP) is 7.53. The molecule has 610 valence electrons. The molecule has 3 aliphatic carbocycles. The van der Waals surface area contributed by atoms with Crippen molar-refractivity contribution in [2.75, 3.05) is 125 Å². The standard InChI is InChI=1S/C20H24FN7O3.C19H25N7O3.C18H20FN7O2.C18H21N7O3/c1-22-17-9-16(26-15-8-12(21)10-23-20(15)31-7-6-30-2)27-18-14(11-24-28(17)18)19(29)25-13-4-3-5-13;1-19(2,11-27)10-22-17(28)12-9-23-26-15(20-3)8-14(25-16(12)26)24-13-6-5-7-21-18(13)29-4;1-20-15-7-14(24-13-6-10(19)8-21-18(13)28-2)25-16-12(9-22-26(15)16)17(27)23-11-4-3-5-11;1-19-15-8-14(23-13-4-3-5-20-18(13)28-2)24-16-12(9-21-25(15)16)17(27)22-10-6-11(26)7-10/h8-11,13,22H,3-7H2,1-2H3,(H,25,29)(H,26,27);5-9,20,27H,10-11H2,1-4H3,(H,22,28)(H,24,25);6-9,11,20H,3-5H2,1-2H3,(H,23,27)(H,24,25);3-5,8-11,19,26H,6-7H2,1-2H3,(H,22,27)(H,23,24)/i;;2*2D3. The summed E-state index contributed by atoms with van der Waals surface area (Å²) in [6.07, 6.45) is 17.4. The lowest BCUT2D eigenvalue weighted by Gasteiger charge is -2.31. The third kappa shape index (κ3) is 19.3. The molecule has 41 heteroatoms. The van der Waals surface area contributed by atoms with Gasteiger partial charge < -0.3 is 97.7 Å². The summed E-state index contributed by atoms with van der Waals surface area (Å²) >= 11 is 0. The Morgan fingerprint density at radius 1 is 0.500 bits per heavy atom. The molecule has 4 amide bonds. The first-order valence-electron chi connectivity index (χ1n) is 39.5. The number of hydrogen-bond donors (Lipinski definition) is 14. The van der Waals surface area contributed by atoms with Gasteiger partial charge in [0.05, 0.1) is 79.3 Å². The van der Waals surface area contributed by atoms with E-state index in [1.807, 2.05) is 19.9 Å². The van der Waals surface area contributed by atoms with E-state index in [1.54, 1.807) is 93.0 Å². The van der Waals surface area contributed by atoms with Gasteiger partial charge in [-0.2, -0.15) is 38.5 Å². The summed E-state index contributed by atoms with van der Waals surface area (Å²) in [5.74, 6) is 1.54. The second-order valence-corrected chi connectivity index (χ2v) is 27.3. The van der Waals surface area contributed by atoms with E-state index in [0.29, 0.717) is 118 Å². The number of anilines is 12. The Balaban J connectivity index is 0.000000149. The number of aliphatic hydroxyl groups excluding tert-OH is 2. The number of nitrogens with one attached hydrogen (secondary N) is 12. The monoisotopic (exact) mass is 1600 g/mol. The molecule has 0 atom stereocenters. The third-order valence-electron chi connectivity index (χ3n) is 18.5. The number of nitrogens with zero attached hydrogens (tertiary/aromatic N) is 16. The summed E-state index contributed by atoms with van der Waals surface area (Å²) in [6.45, 7) is 4.64. The van der Waals surface area contributed by atoms with Gasteiger partial charge in [0, 0.05) is 121 Å². The van der Waals surface area contributed by atoms with Crippen molar-refractivity contribution in [3.05, 3.63) is 144 Å². The van der Waals surface area contributed by atoms with Gasteiger partial charge in [-0.25, -0.2) is 48.7 Å². The minimum Gasteiger partial charge on any atom is -0.480 e. The molecule has 0 radical (unpaired) electrons. The van der Waals surface area contributed by atoms with Crippen LogP contribution >= 0.6 is 0 Å². The summed E-state index contributed by atoms with van der Waals surface area (Å²) in [5, 5.41) is 71.5. The maximum Gasteiger partial charge on any atom is 0.256 e. The average Bonchev–Trinajstić information content (AvgIpc) is 1.64. The van der Waals surface area contributed by atoms with Crippen molar-refractivity contribution in [1.82, 2.24) is 99.6 Å². The Morgan fingerprint density at radius 3 is 1.23 bits per heavy atom. The van der Waals surface area contributed by atoms with Crippen molar-refractivity contribution in [2.45, 2.75) is 89.4 Å². The zero-order valence-electron chi connectivity index (χ0n) is 70.2. The highest BCUT2D eigenvalue weighted by molar-refractivity contribution is 6.02. The lowest BCUT2D eigenvalue weighted by Crippen LogP contribution is -2.46. The van der Waals surface area contributed by atoms with E-state index in [2.05, 4.69) is 124 Å². The van der Waals surface area contributed by atoms with Gasteiger partial charge in [-0.1, -0.05) is 13.8 Å². The number of pyridine rings is 4. The summed E-state index contributed by atoms with van der Waals surface area (Å²) in [6, 6.07) is 16.1. The molecule has 14 N–H and O–H groups in total. The molecule has 0 unspecified atom stereocenters. The highest BCUT2D eigenvalue weighted by Crippen LogP contribution is 2.34. The van der Waals surface area contributed by atoms with Crippen LogP contribution in [0, 0.1) is 17.0 Å². The SMILES string of the molecule is CNc1cc(Nc2cc(F)cnc2OCCOC)nc2c(C(=O)NC3CCC3)cnn12.CNc1cc(Nc2cccnc2OC)nc2c(C(=O)NCC(C)(C)CO)cnn12.[2H]C([2H])([2H])Oc1ncc(F)cc1Nc1cc(NC)n2ncc(C(=O)NC3CCC3)c2n1.[2H]C([2H])([2H])Oc1ncccc1Nc1cc(NC)n2ncc(C(=O)NC3CC(O)C3)c2n1. The van der Waals surface area contributed by atoms with Crippen LogP contribution in [0.1, 0.15) is 115 Å². The van der Waals surface area contributed by atoms with Gasteiger partial charge in [-0.05, 0) is 75.6 Å². The summed E-state index contributed by atoms with van der Waals surface area (Å²) < 4.78 is 103. The first-order valence-corrected chi connectivity index (χ1v) is 36.5. The quantitative estimate of drug-likeness (QED) is 0.0201. The lowest BCUT2D eigenvalue weighted by atomic mass is 9.89. The molecule has 0 aromatic carbocycles. The van der Waals surface area contributed by atoms with Gasteiger partial charge in [0.2, 0.25) is 23.5 Å². The van der Waals surface area contributed by atoms with Gasteiger partial charge in [-0.3, -0.25) is 19.2 Å². The average molecular weight is 1600 g/mol. The van der Waals surface area contributed by atoms with Crippen molar-refractivity contribution in [3.8, 4) is 23.5 Å². The van der Waals surface area contributed by atoms with E-state index in [1.165, 1.54) is 53.2 Å². The van der Waals surface area contributed by atoms with Crippen LogP contribution in [0.5, 0.6) is 23.5 Å². The van der Waals surface area contributed by atoms with Crippen LogP contribution in [0.15, 0.2) is 110 Å². The van der Waals surface area contributed by atoms with E-state index in [9.17, 15) is 38.2 Å². The summed E-state index contributed by atoms with van der Waals surface area (Å²) in [4.78, 5) is 84.6. The first-order chi connectivity index (χ1) is 58.4. The fourth-order valence-corrected chi connectivity index (χ4v) is 11.7. The van der Waals surface area contributed by atoms with Gasteiger partial charge in [0.25, 0.3) is 23.6 Å². The Hall–Kier alpha value is -13.7. The van der Waals surface area contributed by atoms with Gasteiger partial charge in [0.1, 0.15) is 110 Å². The number of ether oxygens (including phenoxy) is 5. The molecule has 12 aromatic rings. The molecule has 15 rings (SSSR count). The zero-order chi connectivity index (χ0) is 87.2. The number of aliphatic hydroxyl groups is 2. The van der Waals surface area contributed by atoms with E-state index < -0.39 is 31.1 Å². The fourth-order valence-electron chi connectivity index (χ4n) is 11.7. The molecule has 0 spiro atoms. The molecule has 12 aromatic heterocycles. The van der Waals surface area contributed by atoms with Crippen LogP contribution in [0.4, 0.5) is 78.1 Å². The normalized spacial score (nSPS) is 15.2. The number of amides is 4. The van der Waals surface area contributed by atoms with Crippen molar-refractivity contribution in [3.63, 3.8) is 0 Å². The number of fused-ring (bicyclic) bond motifs is 4. The predicted molar refractivity (Wildman–Crippen MR) is 427 cm³/mol. The molecule has 0 saturated heterocycles. The van der Waals surface area contributed by atoms with Crippen LogP contribution in [-0.2, 0) is 4.74 Å². The van der Waals surface area contributed by atoms with Gasteiger partial charge in [0.15, 0.2) is 22.6 Å². The molecule has 0 aliphatic heterocycles. The molecule has 39 nitrogen and oxygen atoms in total. The Labute approximate surface area is 670 Å². The molecule has 3 saturated carbocycles. The number of halogens is 2. The highest BCUT2D eigenvalue weighted by atomic mass is 19.1. The van der Waals surface area contributed by atoms with Crippen LogP contribution in [0.25, 0.3) is 22.6 Å². The smallest absolute Gasteiger partial charge is 0.256 e. The van der Waals surface area contributed by atoms with Gasteiger partial charge >= 0.3 is 0 Å². The van der Waals surface area contributed by atoms with Crippen LogP contribution in [0.3, 0.4) is 0 Å². The van der Waals surface area contributed by atoms with Crippen molar-refractivity contribution < 1.29 is 70.1 Å². The molecule has 116 heavy (non-hydrogen) atoms. The molecule has 12 heterocycles. The van der Waals surface area contributed by atoms with Crippen molar-refractivity contribution in [1.29, 1.82) is 0 Å². The zero-order valence-corrected chi connectivity index (χ0v) is 64.2. The molecule has 3 aliphatic rings. The minimum atomic E-state index is -2.77. The molecule has 3 fully saturated rings.